The lowest BCUT2D eigenvalue weighted by molar-refractivity contribution is 0.245. The van der Waals surface area contributed by atoms with Crippen LogP contribution < -0.4 is 14.9 Å². The van der Waals surface area contributed by atoms with Crippen molar-refractivity contribution >= 4 is 21.7 Å². The Labute approximate surface area is 206 Å². The zero-order valence-electron chi connectivity index (χ0n) is 20.4. The fraction of sp³-hybridized carbons (Fsp3) is 0.296. The normalized spacial score (nSPS) is 17.3. The molecule has 0 bridgehead atoms. The van der Waals surface area contributed by atoms with Crippen molar-refractivity contribution in [1.29, 1.82) is 0 Å². The molecule has 4 rings (SSSR count). The van der Waals surface area contributed by atoms with Gasteiger partial charge in [0, 0.05) is 24.2 Å². The van der Waals surface area contributed by atoms with Crippen molar-refractivity contribution in [2.24, 2.45) is 0 Å². The maximum atomic E-state index is 13.6. The molecule has 3 aromatic rings. The Morgan fingerprint density at radius 1 is 1.09 bits per heavy atom. The molecule has 0 aliphatic carbocycles. The number of carbonyl (C=O) groups excluding carboxylic acids is 1. The second-order valence-corrected chi connectivity index (χ2v) is 11.1. The third kappa shape index (κ3) is 4.81. The van der Waals surface area contributed by atoms with E-state index in [1.54, 1.807) is 23.1 Å². The van der Waals surface area contributed by atoms with E-state index >= 15 is 0 Å². The Morgan fingerprint density at radius 3 is 2.43 bits per heavy atom. The van der Waals surface area contributed by atoms with Crippen molar-refractivity contribution in [1.82, 2.24) is 10.0 Å². The molecule has 1 aliphatic heterocycles. The number of nitrogens with one attached hydrogen (secondary N) is 2. The quantitative estimate of drug-likeness (QED) is 0.499. The molecule has 1 atom stereocenters. The van der Waals surface area contributed by atoms with Crippen LogP contribution in [0.1, 0.15) is 37.0 Å². The molecule has 8 heteroatoms. The van der Waals surface area contributed by atoms with Crippen LogP contribution in [0.5, 0.6) is 0 Å². The van der Waals surface area contributed by atoms with Crippen LogP contribution in [0.3, 0.4) is 0 Å². The maximum absolute atomic E-state index is 13.6. The topological polar surface area (TPSA) is 78.5 Å². The molecule has 0 fully saturated rings. The van der Waals surface area contributed by atoms with Crippen LogP contribution in [0.25, 0.3) is 11.1 Å². The second-order valence-electron chi connectivity index (χ2n) is 9.20. The summed E-state index contributed by atoms with van der Waals surface area (Å²) in [6.07, 6.45) is 0.858. The molecule has 0 spiro atoms. The first-order chi connectivity index (χ1) is 16.6. The third-order valence-corrected chi connectivity index (χ3v) is 8.35. The molecule has 2 N–H and O–H groups in total. The third-order valence-electron chi connectivity index (χ3n) is 6.92. The number of nitrogens with zero attached hydrogens (tertiary/aromatic N) is 1. The molecular weight excluding hydrogens is 465 g/mol. The highest BCUT2D eigenvalue weighted by Gasteiger charge is 2.40. The van der Waals surface area contributed by atoms with E-state index in [0.717, 1.165) is 39.9 Å². The van der Waals surface area contributed by atoms with Gasteiger partial charge in [0.2, 0.25) is 10.0 Å². The van der Waals surface area contributed by atoms with Gasteiger partial charge in [-0.15, -0.1) is 0 Å². The van der Waals surface area contributed by atoms with Crippen molar-refractivity contribution < 1.29 is 17.6 Å². The molecule has 3 aromatic carbocycles. The Balaban J connectivity index is 1.55. The summed E-state index contributed by atoms with van der Waals surface area (Å²) in [4.78, 5) is 15.1. The predicted molar refractivity (Wildman–Crippen MR) is 136 cm³/mol. The standard InChI is InChI=1S/C27H30FN3O3S/c1-5-27(3)17-31(26(32)30-16-19-6-10-22(11-7-19)35(33,34)29-4)25-13-8-20(15-24(25)27)23-12-9-21(28)14-18(23)2/h6-15,29H,5,16-17H2,1-4H3,(H,30,32). The van der Waals surface area contributed by atoms with Crippen LogP contribution in [0, 0.1) is 12.7 Å². The number of halogens is 1. The van der Waals surface area contributed by atoms with Gasteiger partial charge in [-0.25, -0.2) is 22.3 Å². The molecule has 0 aromatic heterocycles. The molecule has 35 heavy (non-hydrogen) atoms. The van der Waals surface area contributed by atoms with Gasteiger partial charge in [0.1, 0.15) is 5.82 Å². The minimum atomic E-state index is -3.50. The number of urea groups is 1. The van der Waals surface area contributed by atoms with E-state index in [2.05, 4.69) is 30.0 Å². The van der Waals surface area contributed by atoms with Gasteiger partial charge >= 0.3 is 6.03 Å². The van der Waals surface area contributed by atoms with Crippen LogP contribution in [0.2, 0.25) is 0 Å². The molecular formula is C27H30FN3O3S. The van der Waals surface area contributed by atoms with E-state index in [0.29, 0.717) is 6.54 Å². The average Bonchev–Trinajstić information content (AvgIpc) is 3.15. The number of fused-ring (bicyclic) bond motifs is 1. The highest BCUT2D eigenvalue weighted by molar-refractivity contribution is 7.89. The van der Waals surface area contributed by atoms with Crippen molar-refractivity contribution in [2.75, 3.05) is 18.5 Å². The van der Waals surface area contributed by atoms with Crippen molar-refractivity contribution in [2.45, 2.75) is 44.0 Å². The maximum Gasteiger partial charge on any atom is 0.322 e. The van der Waals surface area contributed by atoms with E-state index in [9.17, 15) is 17.6 Å². The van der Waals surface area contributed by atoms with E-state index in [1.807, 2.05) is 19.1 Å². The number of hydrogen-bond acceptors (Lipinski definition) is 3. The van der Waals surface area contributed by atoms with Crippen LogP contribution in [-0.4, -0.2) is 28.0 Å². The number of amides is 2. The van der Waals surface area contributed by atoms with Crippen molar-refractivity contribution in [3.63, 3.8) is 0 Å². The average molecular weight is 496 g/mol. The van der Waals surface area contributed by atoms with Crippen LogP contribution in [-0.2, 0) is 22.0 Å². The number of rotatable bonds is 6. The molecule has 2 amide bonds. The summed E-state index contributed by atoms with van der Waals surface area (Å²) in [5, 5.41) is 2.96. The number of hydrogen-bond donors (Lipinski definition) is 2. The summed E-state index contributed by atoms with van der Waals surface area (Å²) in [6, 6.07) is 17.1. The lowest BCUT2D eigenvalue weighted by Crippen LogP contribution is -2.41. The molecule has 184 valence electrons. The van der Waals surface area contributed by atoms with Gasteiger partial charge in [0.15, 0.2) is 0 Å². The fourth-order valence-corrected chi connectivity index (χ4v) is 5.28. The lowest BCUT2D eigenvalue weighted by atomic mass is 9.81. The Hall–Kier alpha value is -3.23. The Morgan fingerprint density at radius 2 is 1.80 bits per heavy atom. The second kappa shape index (κ2) is 9.43. The highest BCUT2D eigenvalue weighted by atomic mass is 32.2. The zero-order chi connectivity index (χ0) is 25.4. The Bertz CT molecular complexity index is 1370. The van der Waals surface area contributed by atoms with E-state index in [4.69, 9.17) is 0 Å². The van der Waals surface area contributed by atoms with Crippen molar-refractivity contribution in [3.8, 4) is 11.1 Å². The molecule has 0 saturated heterocycles. The van der Waals surface area contributed by atoms with Crippen LogP contribution >= 0.6 is 0 Å². The number of anilines is 1. The number of benzene rings is 3. The summed E-state index contributed by atoms with van der Waals surface area (Å²) in [5.41, 5.74) is 5.39. The lowest BCUT2D eigenvalue weighted by Gasteiger charge is -2.24. The van der Waals surface area contributed by atoms with E-state index < -0.39 is 10.0 Å². The van der Waals surface area contributed by atoms with Gasteiger partial charge in [-0.2, -0.15) is 0 Å². The van der Waals surface area contributed by atoms with Crippen LogP contribution in [0.15, 0.2) is 65.6 Å². The monoisotopic (exact) mass is 495 g/mol. The molecule has 1 unspecified atom stereocenters. The van der Waals surface area contributed by atoms with Gasteiger partial charge in [0.25, 0.3) is 0 Å². The predicted octanol–water partition coefficient (Wildman–Crippen LogP) is 5.11. The first-order valence-electron chi connectivity index (χ1n) is 11.6. The first kappa shape index (κ1) is 24.9. The van der Waals surface area contributed by atoms with E-state index in [-0.39, 0.29) is 28.7 Å². The summed E-state index contributed by atoms with van der Waals surface area (Å²) in [6.45, 7) is 6.99. The minimum absolute atomic E-state index is 0.175. The summed E-state index contributed by atoms with van der Waals surface area (Å²) >= 11 is 0. The van der Waals surface area contributed by atoms with Gasteiger partial charge in [-0.1, -0.05) is 38.1 Å². The van der Waals surface area contributed by atoms with Gasteiger partial charge in [-0.3, -0.25) is 4.90 Å². The van der Waals surface area contributed by atoms with Gasteiger partial charge in [-0.05, 0) is 84.6 Å². The van der Waals surface area contributed by atoms with Crippen LogP contribution in [0.4, 0.5) is 14.9 Å². The van der Waals surface area contributed by atoms with Gasteiger partial charge in [0.05, 0.1) is 4.90 Å². The SMILES string of the molecule is CCC1(C)CN(C(=O)NCc2ccc(S(=O)(=O)NC)cc2)c2ccc(-c3ccc(F)cc3C)cc21. The van der Waals surface area contributed by atoms with Gasteiger partial charge < -0.3 is 5.32 Å². The minimum Gasteiger partial charge on any atom is -0.334 e. The molecule has 1 heterocycles. The summed E-state index contributed by atoms with van der Waals surface area (Å²) in [5.74, 6) is -0.257. The summed E-state index contributed by atoms with van der Waals surface area (Å²) < 4.78 is 39.7. The number of sulfonamides is 1. The first-order valence-corrected chi connectivity index (χ1v) is 13.1. The largest absolute Gasteiger partial charge is 0.334 e. The van der Waals surface area contributed by atoms with Crippen molar-refractivity contribution in [3.05, 3.63) is 83.2 Å². The van der Waals surface area contributed by atoms with E-state index in [1.165, 1.54) is 31.3 Å². The zero-order valence-corrected chi connectivity index (χ0v) is 21.2. The smallest absolute Gasteiger partial charge is 0.322 e. The molecule has 1 aliphatic rings. The molecule has 6 nitrogen and oxygen atoms in total. The highest BCUT2D eigenvalue weighted by Crippen LogP contribution is 2.44. The number of aryl methyl sites for hydroxylation is 1. The molecule has 0 saturated carbocycles. The molecule has 0 radical (unpaired) electrons. The fourth-order valence-electron chi connectivity index (χ4n) is 4.55. The number of carbonyl (C=O) groups is 1. The summed E-state index contributed by atoms with van der Waals surface area (Å²) in [7, 11) is -2.14. The Kier molecular flexibility index (Phi) is 6.71.